The summed E-state index contributed by atoms with van der Waals surface area (Å²) in [7, 11) is 0. The van der Waals surface area contributed by atoms with Crippen LogP contribution in [0.4, 0.5) is 9.52 Å². The lowest BCUT2D eigenvalue weighted by atomic mass is 10.4. The first kappa shape index (κ1) is 9.41. The zero-order chi connectivity index (χ0) is 8.97. The minimum atomic E-state index is -1.67. The average Bonchev–Trinajstić information content (AvgIpc) is 2.55. The number of amides is 1. The molecule has 0 aromatic carbocycles. The minimum absolute atomic E-state index is 0.336. The van der Waals surface area contributed by atoms with Gasteiger partial charge in [0.1, 0.15) is 0 Å². The van der Waals surface area contributed by atoms with E-state index in [0.717, 1.165) is 0 Å². The number of hydrogen-bond acceptors (Lipinski definition) is 3. The van der Waals surface area contributed by atoms with Crippen LogP contribution in [0.25, 0.3) is 0 Å². The first-order chi connectivity index (χ1) is 5.74. The van der Waals surface area contributed by atoms with Crippen molar-refractivity contribution in [3.8, 4) is 0 Å². The lowest BCUT2D eigenvalue weighted by molar-refractivity contribution is -0.120. The van der Waals surface area contributed by atoms with E-state index in [4.69, 9.17) is 11.6 Å². The van der Waals surface area contributed by atoms with Gasteiger partial charge in [0.05, 0.1) is 5.88 Å². The number of nitrogens with zero attached hydrogens (tertiary/aromatic N) is 1. The molecule has 1 aromatic heterocycles. The van der Waals surface area contributed by atoms with Crippen molar-refractivity contribution >= 4 is 34.0 Å². The maximum absolute atomic E-state index is 12.6. The van der Waals surface area contributed by atoms with E-state index in [1.807, 2.05) is 0 Å². The van der Waals surface area contributed by atoms with Gasteiger partial charge in [0.2, 0.25) is 0 Å². The fourth-order valence-corrected chi connectivity index (χ4v) is 1.21. The molecule has 1 aromatic rings. The van der Waals surface area contributed by atoms with Crippen LogP contribution in [0, 0.1) is 0 Å². The molecule has 0 unspecified atom stereocenters. The van der Waals surface area contributed by atoms with Crippen LogP contribution in [0.2, 0.25) is 0 Å². The predicted molar refractivity (Wildman–Crippen MR) is 46.4 cm³/mol. The van der Waals surface area contributed by atoms with Gasteiger partial charge in [-0.15, -0.1) is 22.9 Å². The van der Waals surface area contributed by atoms with Crippen molar-refractivity contribution in [3.05, 3.63) is 11.6 Å². The number of rotatable bonds is 3. The lowest BCUT2D eigenvalue weighted by Crippen LogP contribution is -2.25. The van der Waals surface area contributed by atoms with Gasteiger partial charge in [-0.05, 0) is 0 Å². The largest absolute Gasteiger partial charge is 0.299 e. The van der Waals surface area contributed by atoms with Crippen molar-refractivity contribution in [3.63, 3.8) is 0 Å². The van der Waals surface area contributed by atoms with Crippen molar-refractivity contribution in [2.45, 2.75) is 6.17 Å². The smallest absolute Gasteiger partial charge is 0.261 e. The average molecular weight is 209 g/mol. The second-order valence-corrected chi connectivity index (χ2v) is 3.15. The first-order valence-corrected chi connectivity index (χ1v) is 4.56. The number of halogens is 2. The summed E-state index contributed by atoms with van der Waals surface area (Å²) in [6.07, 6.45) is -0.149. The summed E-state index contributed by atoms with van der Waals surface area (Å²) in [6, 6.07) is 0. The Bertz CT molecular complexity index is 254. The summed E-state index contributed by atoms with van der Waals surface area (Å²) < 4.78 is 12.6. The van der Waals surface area contributed by atoms with Crippen molar-refractivity contribution in [1.29, 1.82) is 0 Å². The number of anilines is 1. The Hall–Kier alpha value is -0.680. The van der Waals surface area contributed by atoms with E-state index in [1.165, 1.54) is 17.5 Å². The second-order valence-electron chi connectivity index (χ2n) is 1.95. The maximum atomic E-state index is 12.6. The van der Waals surface area contributed by atoms with Crippen LogP contribution in [-0.4, -0.2) is 22.9 Å². The quantitative estimate of drug-likeness (QED) is 0.768. The molecule has 1 heterocycles. The van der Waals surface area contributed by atoms with Gasteiger partial charge in [0.15, 0.2) is 11.3 Å². The highest BCUT2D eigenvalue weighted by molar-refractivity contribution is 7.13. The van der Waals surface area contributed by atoms with Gasteiger partial charge >= 0.3 is 0 Å². The van der Waals surface area contributed by atoms with E-state index in [2.05, 4.69) is 10.3 Å². The zero-order valence-corrected chi connectivity index (χ0v) is 7.53. The third kappa shape index (κ3) is 2.42. The highest BCUT2D eigenvalue weighted by Crippen LogP contribution is 2.11. The molecule has 0 saturated carbocycles. The van der Waals surface area contributed by atoms with Crippen molar-refractivity contribution in [1.82, 2.24) is 4.98 Å². The maximum Gasteiger partial charge on any atom is 0.261 e. The molecule has 0 aliphatic carbocycles. The van der Waals surface area contributed by atoms with E-state index in [0.29, 0.717) is 5.13 Å². The molecule has 0 spiro atoms. The SMILES string of the molecule is O=C(Nc1nccs1)[C@H](F)CCl. The van der Waals surface area contributed by atoms with Crippen LogP contribution in [0.3, 0.4) is 0 Å². The van der Waals surface area contributed by atoms with E-state index < -0.39 is 12.1 Å². The number of carbonyl (C=O) groups is 1. The summed E-state index contributed by atoms with van der Waals surface area (Å²) in [4.78, 5) is 14.6. The molecule has 12 heavy (non-hydrogen) atoms. The van der Waals surface area contributed by atoms with E-state index in [-0.39, 0.29) is 5.88 Å². The van der Waals surface area contributed by atoms with Crippen LogP contribution in [0.1, 0.15) is 0 Å². The Morgan fingerprint density at radius 3 is 3.17 bits per heavy atom. The molecular formula is C6H6ClFN2OS. The van der Waals surface area contributed by atoms with Gasteiger partial charge in [-0.3, -0.25) is 10.1 Å². The molecule has 0 radical (unpaired) electrons. The first-order valence-electron chi connectivity index (χ1n) is 3.14. The molecule has 0 fully saturated rings. The van der Waals surface area contributed by atoms with Crippen molar-refractivity contribution < 1.29 is 9.18 Å². The van der Waals surface area contributed by atoms with Gasteiger partial charge in [-0.1, -0.05) is 0 Å². The predicted octanol–water partition coefficient (Wildman–Crippen LogP) is 1.66. The molecule has 0 aliphatic rings. The Morgan fingerprint density at radius 2 is 2.67 bits per heavy atom. The number of thiazole rings is 1. The normalized spacial score (nSPS) is 12.5. The van der Waals surface area contributed by atoms with Gasteiger partial charge < -0.3 is 0 Å². The van der Waals surface area contributed by atoms with Crippen molar-refractivity contribution in [2.75, 3.05) is 11.2 Å². The van der Waals surface area contributed by atoms with Crippen LogP contribution in [0.15, 0.2) is 11.6 Å². The number of aromatic nitrogens is 1. The van der Waals surface area contributed by atoms with E-state index in [9.17, 15) is 9.18 Å². The minimum Gasteiger partial charge on any atom is -0.299 e. The van der Waals surface area contributed by atoms with Crippen LogP contribution in [-0.2, 0) is 4.79 Å². The standard InChI is InChI=1S/C6H6ClFN2OS/c7-3-4(8)5(11)10-6-9-1-2-12-6/h1-2,4H,3H2,(H,9,10,11)/t4-/m1/s1. The van der Waals surface area contributed by atoms with Gasteiger partial charge in [-0.25, -0.2) is 9.37 Å². The zero-order valence-electron chi connectivity index (χ0n) is 5.96. The summed E-state index contributed by atoms with van der Waals surface area (Å²) in [5, 5.41) is 4.35. The fraction of sp³-hybridized carbons (Fsp3) is 0.333. The summed E-state index contributed by atoms with van der Waals surface area (Å²) in [6.45, 7) is 0. The lowest BCUT2D eigenvalue weighted by Gasteiger charge is -2.02. The number of carbonyl (C=O) groups excluding carboxylic acids is 1. The molecule has 0 saturated heterocycles. The molecule has 6 heteroatoms. The third-order valence-electron chi connectivity index (χ3n) is 1.08. The Kier molecular flexibility index (Phi) is 3.43. The fourth-order valence-electron chi connectivity index (χ4n) is 0.539. The summed E-state index contributed by atoms with van der Waals surface area (Å²) >= 11 is 6.36. The van der Waals surface area contributed by atoms with Gasteiger partial charge in [-0.2, -0.15) is 0 Å². The van der Waals surface area contributed by atoms with Gasteiger partial charge in [0.25, 0.3) is 5.91 Å². The second kappa shape index (κ2) is 4.37. The monoisotopic (exact) mass is 208 g/mol. The van der Waals surface area contributed by atoms with Gasteiger partial charge in [0, 0.05) is 11.6 Å². The Morgan fingerprint density at radius 1 is 1.92 bits per heavy atom. The third-order valence-corrected chi connectivity index (χ3v) is 2.04. The molecular weight excluding hydrogens is 203 g/mol. The molecule has 1 amide bonds. The van der Waals surface area contributed by atoms with E-state index >= 15 is 0 Å². The Labute approximate surface area is 77.6 Å². The number of nitrogens with one attached hydrogen (secondary N) is 1. The van der Waals surface area contributed by atoms with Crippen LogP contribution in [0.5, 0.6) is 0 Å². The molecule has 1 atom stereocenters. The molecule has 0 aliphatic heterocycles. The molecule has 0 bridgehead atoms. The summed E-state index contributed by atoms with van der Waals surface area (Å²) in [5.74, 6) is -1.09. The van der Waals surface area contributed by atoms with Crippen molar-refractivity contribution in [2.24, 2.45) is 0 Å². The number of alkyl halides is 2. The topological polar surface area (TPSA) is 42.0 Å². The molecule has 3 nitrogen and oxygen atoms in total. The van der Waals surface area contributed by atoms with E-state index in [1.54, 1.807) is 5.38 Å². The highest BCUT2D eigenvalue weighted by Gasteiger charge is 2.16. The molecule has 1 rings (SSSR count). The van der Waals surface area contributed by atoms with Crippen LogP contribution >= 0.6 is 22.9 Å². The molecule has 1 N–H and O–H groups in total. The summed E-state index contributed by atoms with van der Waals surface area (Å²) in [5.41, 5.74) is 0. The number of hydrogen-bond donors (Lipinski definition) is 1. The van der Waals surface area contributed by atoms with Crippen LogP contribution < -0.4 is 5.32 Å². The Balaban J connectivity index is 2.47. The highest BCUT2D eigenvalue weighted by atomic mass is 35.5. The molecule has 66 valence electrons.